The standard InChI is InChI=1S/C16H16O4/c1-10-13(9-17)15(12-7-5-4-6-8-12)14(11(2)20-10)16(18)19-3/h4-9,15H,1-3H3/t15-/m0/s1. The van der Waals surface area contributed by atoms with Crippen molar-refractivity contribution in [2.24, 2.45) is 0 Å². The Morgan fingerprint density at radius 3 is 2.40 bits per heavy atom. The lowest BCUT2D eigenvalue weighted by Gasteiger charge is -2.27. The van der Waals surface area contributed by atoms with Crippen LogP contribution in [0.5, 0.6) is 0 Å². The molecule has 0 aliphatic carbocycles. The van der Waals surface area contributed by atoms with Gasteiger partial charge >= 0.3 is 5.97 Å². The summed E-state index contributed by atoms with van der Waals surface area (Å²) in [6.45, 7) is 3.42. The van der Waals surface area contributed by atoms with Crippen molar-refractivity contribution < 1.29 is 19.1 Å². The number of carbonyl (C=O) groups is 2. The highest BCUT2D eigenvalue weighted by Crippen LogP contribution is 2.39. The van der Waals surface area contributed by atoms with E-state index in [1.807, 2.05) is 30.3 Å². The number of aldehydes is 1. The van der Waals surface area contributed by atoms with Crippen LogP contribution in [0.1, 0.15) is 25.3 Å². The van der Waals surface area contributed by atoms with Gasteiger partial charge < -0.3 is 9.47 Å². The molecule has 0 spiro atoms. The maximum atomic E-state index is 12.0. The minimum Gasteiger partial charge on any atom is -0.466 e. The summed E-state index contributed by atoms with van der Waals surface area (Å²) in [4.78, 5) is 23.4. The number of allylic oxidation sites excluding steroid dienone is 3. The first-order valence-corrected chi connectivity index (χ1v) is 6.28. The molecule has 0 saturated carbocycles. The summed E-state index contributed by atoms with van der Waals surface area (Å²) in [5.74, 6) is 0.0471. The molecule has 0 N–H and O–H groups in total. The quantitative estimate of drug-likeness (QED) is 0.627. The molecular weight excluding hydrogens is 256 g/mol. The number of esters is 1. The van der Waals surface area contributed by atoms with Gasteiger partial charge in [0.05, 0.1) is 18.6 Å². The predicted molar refractivity (Wildman–Crippen MR) is 73.7 cm³/mol. The highest BCUT2D eigenvalue weighted by molar-refractivity contribution is 5.95. The maximum Gasteiger partial charge on any atom is 0.338 e. The SMILES string of the molecule is COC(=O)C1=C(C)OC(C)=C(C=O)[C@@H]1c1ccccc1. The first-order valence-electron chi connectivity index (χ1n) is 6.28. The molecule has 1 heterocycles. The molecule has 1 atom stereocenters. The van der Waals surface area contributed by atoms with Crippen LogP contribution >= 0.6 is 0 Å². The molecule has 0 saturated heterocycles. The van der Waals surface area contributed by atoms with Crippen LogP contribution in [0, 0.1) is 0 Å². The fourth-order valence-electron chi connectivity index (χ4n) is 2.42. The molecule has 0 amide bonds. The van der Waals surface area contributed by atoms with Gasteiger partial charge in [0.15, 0.2) is 0 Å². The molecule has 1 aliphatic rings. The van der Waals surface area contributed by atoms with Crippen LogP contribution in [0.15, 0.2) is 53.0 Å². The third-order valence-corrected chi connectivity index (χ3v) is 3.36. The Balaban J connectivity index is 2.62. The number of ether oxygens (including phenoxy) is 2. The fourth-order valence-corrected chi connectivity index (χ4v) is 2.42. The molecule has 1 aliphatic heterocycles. The Bertz CT molecular complexity index is 596. The van der Waals surface area contributed by atoms with Gasteiger partial charge in [-0.25, -0.2) is 4.79 Å². The molecule has 0 bridgehead atoms. The Hall–Kier alpha value is -2.36. The Kier molecular flexibility index (Phi) is 4.03. The highest BCUT2D eigenvalue weighted by Gasteiger charge is 2.34. The van der Waals surface area contributed by atoms with Gasteiger partial charge in [-0.3, -0.25) is 4.79 Å². The van der Waals surface area contributed by atoms with E-state index in [0.717, 1.165) is 11.8 Å². The van der Waals surface area contributed by atoms with E-state index in [2.05, 4.69) is 0 Å². The molecule has 0 fully saturated rings. The van der Waals surface area contributed by atoms with Crippen molar-refractivity contribution in [3.63, 3.8) is 0 Å². The minimum absolute atomic E-state index is 0.367. The van der Waals surface area contributed by atoms with Crippen molar-refractivity contribution in [3.8, 4) is 0 Å². The predicted octanol–water partition coefficient (Wildman–Crippen LogP) is 2.72. The van der Waals surface area contributed by atoms with Crippen LogP contribution in [0.2, 0.25) is 0 Å². The number of carbonyl (C=O) groups excluding carboxylic acids is 2. The summed E-state index contributed by atoms with van der Waals surface area (Å²) >= 11 is 0. The number of rotatable bonds is 3. The monoisotopic (exact) mass is 272 g/mol. The van der Waals surface area contributed by atoms with E-state index in [-0.39, 0.29) is 0 Å². The summed E-state index contributed by atoms with van der Waals surface area (Å²) < 4.78 is 10.3. The van der Waals surface area contributed by atoms with Gasteiger partial charge in [0.2, 0.25) is 0 Å². The van der Waals surface area contributed by atoms with Crippen molar-refractivity contribution >= 4 is 12.3 Å². The third kappa shape index (κ3) is 2.37. The van der Waals surface area contributed by atoms with Crippen LogP contribution < -0.4 is 0 Å². The lowest BCUT2D eigenvalue weighted by Crippen LogP contribution is -2.23. The van der Waals surface area contributed by atoms with E-state index < -0.39 is 11.9 Å². The number of methoxy groups -OCH3 is 1. The van der Waals surface area contributed by atoms with E-state index in [0.29, 0.717) is 22.7 Å². The number of benzene rings is 1. The molecule has 0 radical (unpaired) electrons. The average Bonchev–Trinajstić information content (AvgIpc) is 2.46. The normalized spacial score (nSPS) is 18.6. The van der Waals surface area contributed by atoms with Crippen molar-refractivity contribution in [2.75, 3.05) is 7.11 Å². The van der Waals surface area contributed by atoms with E-state index in [4.69, 9.17) is 9.47 Å². The van der Waals surface area contributed by atoms with Gasteiger partial charge in [-0.2, -0.15) is 0 Å². The molecular formula is C16H16O4. The first-order chi connectivity index (χ1) is 9.60. The van der Waals surface area contributed by atoms with Crippen molar-refractivity contribution in [1.82, 2.24) is 0 Å². The lowest BCUT2D eigenvalue weighted by molar-refractivity contribution is -0.136. The molecule has 4 heteroatoms. The van der Waals surface area contributed by atoms with Crippen LogP contribution in [0.25, 0.3) is 0 Å². The van der Waals surface area contributed by atoms with Crippen LogP contribution in [0.3, 0.4) is 0 Å². The molecule has 0 unspecified atom stereocenters. The molecule has 20 heavy (non-hydrogen) atoms. The second kappa shape index (κ2) is 5.74. The lowest BCUT2D eigenvalue weighted by atomic mass is 9.82. The fraction of sp³-hybridized carbons (Fsp3) is 0.250. The summed E-state index contributed by atoms with van der Waals surface area (Å²) in [7, 11) is 1.32. The van der Waals surface area contributed by atoms with Crippen molar-refractivity contribution in [3.05, 3.63) is 58.6 Å². The zero-order chi connectivity index (χ0) is 14.7. The first kappa shape index (κ1) is 14.1. The van der Waals surface area contributed by atoms with E-state index in [1.54, 1.807) is 13.8 Å². The van der Waals surface area contributed by atoms with Crippen molar-refractivity contribution in [1.29, 1.82) is 0 Å². The molecule has 104 valence electrons. The maximum absolute atomic E-state index is 12.0. The average molecular weight is 272 g/mol. The van der Waals surface area contributed by atoms with Gasteiger partial charge in [-0.1, -0.05) is 30.3 Å². The van der Waals surface area contributed by atoms with Gasteiger partial charge in [0.25, 0.3) is 0 Å². The molecule has 1 aromatic rings. The molecule has 4 nitrogen and oxygen atoms in total. The summed E-state index contributed by atoms with van der Waals surface area (Å²) in [6, 6.07) is 9.37. The Morgan fingerprint density at radius 2 is 1.85 bits per heavy atom. The Morgan fingerprint density at radius 1 is 1.20 bits per heavy atom. The molecule has 0 aromatic heterocycles. The largest absolute Gasteiger partial charge is 0.466 e. The zero-order valence-electron chi connectivity index (χ0n) is 11.7. The Labute approximate surface area is 117 Å². The molecule has 1 aromatic carbocycles. The number of hydrogen-bond acceptors (Lipinski definition) is 4. The van der Waals surface area contributed by atoms with Crippen LogP contribution in [0.4, 0.5) is 0 Å². The van der Waals surface area contributed by atoms with Gasteiger partial charge in [0.1, 0.15) is 17.8 Å². The second-order valence-corrected chi connectivity index (χ2v) is 4.54. The zero-order valence-corrected chi connectivity index (χ0v) is 11.7. The number of hydrogen-bond donors (Lipinski definition) is 0. The second-order valence-electron chi connectivity index (χ2n) is 4.54. The van der Waals surface area contributed by atoms with Gasteiger partial charge in [-0.15, -0.1) is 0 Å². The highest BCUT2D eigenvalue weighted by atomic mass is 16.5. The van der Waals surface area contributed by atoms with Crippen molar-refractivity contribution in [2.45, 2.75) is 19.8 Å². The summed E-state index contributed by atoms with van der Waals surface area (Å²) in [6.07, 6.45) is 0.738. The summed E-state index contributed by atoms with van der Waals surface area (Å²) in [5, 5.41) is 0. The van der Waals surface area contributed by atoms with Crippen LogP contribution in [-0.4, -0.2) is 19.4 Å². The third-order valence-electron chi connectivity index (χ3n) is 3.36. The van der Waals surface area contributed by atoms with E-state index in [9.17, 15) is 9.59 Å². The van der Waals surface area contributed by atoms with Gasteiger partial charge in [-0.05, 0) is 19.4 Å². The molecule has 2 rings (SSSR count). The van der Waals surface area contributed by atoms with E-state index >= 15 is 0 Å². The smallest absolute Gasteiger partial charge is 0.338 e. The van der Waals surface area contributed by atoms with E-state index in [1.165, 1.54) is 7.11 Å². The summed E-state index contributed by atoms with van der Waals surface area (Å²) in [5.41, 5.74) is 1.67. The van der Waals surface area contributed by atoms with Gasteiger partial charge in [0, 0.05) is 5.57 Å². The topological polar surface area (TPSA) is 52.6 Å². The minimum atomic E-state index is -0.483. The van der Waals surface area contributed by atoms with Crippen LogP contribution in [-0.2, 0) is 19.1 Å².